The molecule has 1 rings (SSSR count). The van der Waals surface area contributed by atoms with Gasteiger partial charge in [0, 0.05) is 6.54 Å². The standard InChI is InChI=1S/C13H25NO2/c1-11(2)9-16-12(15)13(10-14)7-5-3-4-6-8-13/h11H,3-10,14H2,1-2H3. The van der Waals surface area contributed by atoms with Crippen molar-refractivity contribution in [2.45, 2.75) is 52.4 Å². The summed E-state index contributed by atoms with van der Waals surface area (Å²) >= 11 is 0. The molecule has 1 aliphatic carbocycles. The van der Waals surface area contributed by atoms with Gasteiger partial charge in [-0.25, -0.2) is 0 Å². The molecule has 0 aliphatic heterocycles. The van der Waals surface area contributed by atoms with Gasteiger partial charge in [-0.2, -0.15) is 0 Å². The third-order valence-corrected chi connectivity index (χ3v) is 3.43. The van der Waals surface area contributed by atoms with Crippen LogP contribution in [0, 0.1) is 11.3 Å². The molecule has 0 amide bonds. The van der Waals surface area contributed by atoms with Crippen molar-refractivity contribution in [2.75, 3.05) is 13.2 Å². The monoisotopic (exact) mass is 227 g/mol. The molecular weight excluding hydrogens is 202 g/mol. The van der Waals surface area contributed by atoms with Crippen LogP contribution in [0.2, 0.25) is 0 Å². The average Bonchev–Trinajstić information content (AvgIpc) is 2.51. The lowest BCUT2D eigenvalue weighted by molar-refractivity contribution is -0.157. The number of carbonyl (C=O) groups excluding carboxylic acids is 1. The van der Waals surface area contributed by atoms with Crippen LogP contribution in [0.1, 0.15) is 52.4 Å². The van der Waals surface area contributed by atoms with E-state index in [1.165, 1.54) is 12.8 Å². The van der Waals surface area contributed by atoms with Crippen LogP contribution in [0.5, 0.6) is 0 Å². The third kappa shape index (κ3) is 3.48. The molecule has 1 aliphatic rings. The van der Waals surface area contributed by atoms with Gasteiger partial charge in [0.15, 0.2) is 0 Å². The largest absolute Gasteiger partial charge is 0.465 e. The molecule has 1 saturated carbocycles. The van der Waals surface area contributed by atoms with Crippen LogP contribution in [0.4, 0.5) is 0 Å². The number of carbonyl (C=O) groups is 1. The molecule has 0 spiro atoms. The SMILES string of the molecule is CC(C)COC(=O)C1(CN)CCCCCC1. The molecule has 0 aromatic rings. The normalized spacial score (nSPS) is 20.5. The Hall–Kier alpha value is -0.570. The molecule has 0 radical (unpaired) electrons. The van der Waals surface area contributed by atoms with E-state index in [9.17, 15) is 4.79 Å². The van der Waals surface area contributed by atoms with Gasteiger partial charge >= 0.3 is 5.97 Å². The summed E-state index contributed by atoms with van der Waals surface area (Å²) in [6, 6.07) is 0. The topological polar surface area (TPSA) is 52.3 Å². The lowest BCUT2D eigenvalue weighted by atomic mass is 9.80. The predicted octanol–water partition coefficient (Wildman–Crippen LogP) is 2.48. The lowest BCUT2D eigenvalue weighted by Gasteiger charge is -2.29. The van der Waals surface area contributed by atoms with Gasteiger partial charge in [-0.3, -0.25) is 4.79 Å². The van der Waals surface area contributed by atoms with Crippen molar-refractivity contribution < 1.29 is 9.53 Å². The first kappa shape index (κ1) is 13.5. The Bertz CT molecular complexity index is 218. The summed E-state index contributed by atoms with van der Waals surface area (Å²) in [6.07, 6.45) is 6.46. The van der Waals surface area contributed by atoms with Crippen molar-refractivity contribution in [3.63, 3.8) is 0 Å². The Morgan fingerprint density at radius 3 is 2.25 bits per heavy atom. The molecule has 2 N–H and O–H groups in total. The summed E-state index contributed by atoms with van der Waals surface area (Å²) in [7, 11) is 0. The fourth-order valence-corrected chi connectivity index (χ4v) is 2.29. The van der Waals surface area contributed by atoms with Crippen LogP contribution in [-0.4, -0.2) is 19.1 Å². The zero-order valence-corrected chi connectivity index (χ0v) is 10.6. The van der Waals surface area contributed by atoms with Crippen molar-refractivity contribution in [1.82, 2.24) is 0 Å². The first-order valence-electron chi connectivity index (χ1n) is 6.48. The first-order valence-corrected chi connectivity index (χ1v) is 6.48. The van der Waals surface area contributed by atoms with Crippen LogP contribution in [0.15, 0.2) is 0 Å². The molecule has 0 saturated heterocycles. The van der Waals surface area contributed by atoms with E-state index in [0.29, 0.717) is 19.1 Å². The van der Waals surface area contributed by atoms with Gasteiger partial charge < -0.3 is 10.5 Å². The van der Waals surface area contributed by atoms with E-state index in [4.69, 9.17) is 10.5 Å². The quantitative estimate of drug-likeness (QED) is 0.593. The summed E-state index contributed by atoms with van der Waals surface area (Å²) < 4.78 is 5.37. The zero-order valence-electron chi connectivity index (χ0n) is 10.6. The number of nitrogens with two attached hydrogens (primary N) is 1. The van der Waals surface area contributed by atoms with Crippen LogP contribution >= 0.6 is 0 Å². The molecule has 0 atom stereocenters. The molecule has 0 bridgehead atoms. The summed E-state index contributed by atoms with van der Waals surface area (Å²) in [5.41, 5.74) is 5.43. The minimum absolute atomic E-state index is 0.0643. The maximum atomic E-state index is 12.1. The molecule has 94 valence electrons. The van der Waals surface area contributed by atoms with Gasteiger partial charge in [-0.1, -0.05) is 39.5 Å². The van der Waals surface area contributed by atoms with Gasteiger partial charge in [-0.05, 0) is 18.8 Å². The maximum absolute atomic E-state index is 12.1. The molecule has 0 heterocycles. The van der Waals surface area contributed by atoms with Crippen molar-refractivity contribution in [3.05, 3.63) is 0 Å². The molecule has 0 aromatic carbocycles. The van der Waals surface area contributed by atoms with Gasteiger partial charge in [0.1, 0.15) is 0 Å². The van der Waals surface area contributed by atoms with E-state index in [1.807, 2.05) is 0 Å². The predicted molar refractivity (Wildman–Crippen MR) is 65.0 cm³/mol. The van der Waals surface area contributed by atoms with E-state index < -0.39 is 0 Å². The number of rotatable bonds is 4. The minimum Gasteiger partial charge on any atom is -0.465 e. The lowest BCUT2D eigenvalue weighted by Crippen LogP contribution is -2.40. The Balaban J connectivity index is 2.58. The first-order chi connectivity index (χ1) is 7.60. The second kappa shape index (κ2) is 6.24. The van der Waals surface area contributed by atoms with Gasteiger partial charge in [0.2, 0.25) is 0 Å². The third-order valence-electron chi connectivity index (χ3n) is 3.43. The average molecular weight is 227 g/mol. The van der Waals surface area contributed by atoms with Crippen molar-refractivity contribution in [3.8, 4) is 0 Å². The maximum Gasteiger partial charge on any atom is 0.313 e. The van der Waals surface area contributed by atoms with Crippen LogP contribution in [0.25, 0.3) is 0 Å². The molecule has 16 heavy (non-hydrogen) atoms. The van der Waals surface area contributed by atoms with Gasteiger partial charge in [0.05, 0.1) is 12.0 Å². The van der Waals surface area contributed by atoms with E-state index in [2.05, 4.69) is 13.8 Å². The second-order valence-corrected chi connectivity index (χ2v) is 5.39. The molecular formula is C13H25NO2. The molecule has 0 unspecified atom stereocenters. The number of hydrogen-bond donors (Lipinski definition) is 1. The number of esters is 1. The Kier molecular flexibility index (Phi) is 5.26. The second-order valence-electron chi connectivity index (χ2n) is 5.39. The van der Waals surface area contributed by atoms with Gasteiger partial charge in [-0.15, -0.1) is 0 Å². The zero-order chi connectivity index (χ0) is 12.0. The summed E-state index contributed by atoms with van der Waals surface area (Å²) in [6.45, 7) is 5.05. The molecule has 3 heteroatoms. The molecule has 1 fully saturated rings. The van der Waals surface area contributed by atoms with Crippen molar-refractivity contribution >= 4 is 5.97 Å². The summed E-state index contributed by atoms with van der Waals surface area (Å²) in [4.78, 5) is 12.1. The van der Waals surface area contributed by atoms with E-state index in [1.54, 1.807) is 0 Å². The Labute approximate surface area is 98.7 Å². The highest BCUT2D eigenvalue weighted by Crippen LogP contribution is 2.35. The summed E-state index contributed by atoms with van der Waals surface area (Å²) in [5.74, 6) is 0.329. The Morgan fingerprint density at radius 1 is 1.25 bits per heavy atom. The number of ether oxygens (including phenoxy) is 1. The van der Waals surface area contributed by atoms with E-state index >= 15 is 0 Å². The fourth-order valence-electron chi connectivity index (χ4n) is 2.29. The van der Waals surface area contributed by atoms with Crippen LogP contribution < -0.4 is 5.73 Å². The highest BCUT2D eigenvalue weighted by molar-refractivity contribution is 5.77. The molecule has 0 aromatic heterocycles. The minimum atomic E-state index is -0.384. The Morgan fingerprint density at radius 2 is 1.81 bits per heavy atom. The van der Waals surface area contributed by atoms with Gasteiger partial charge in [0.25, 0.3) is 0 Å². The number of hydrogen-bond acceptors (Lipinski definition) is 3. The smallest absolute Gasteiger partial charge is 0.313 e. The van der Waals surface area contributed by atoms with Crippen LogP contribution in [-0.2, 0) is 9.53 Å². The highest BCUT2D eigenvalue weighted by Gasteiger charge is 2.38. The van der Waals surface area contributed by atoms with Crippen LogP contribution in [0.3, 0.4) is 0 Å². The van der Waals surface area contributed by atoms with E-state index in [0.717, 1.165) is 25.7 Å². The van der Waals surface area contributed by atoms with Crippen molar-refractivity contribution in [1.29, 1.82) is 0 Å². The highest BCUT2D eigenvalue weighted by atomic mass is 16.5. The van der Waals surface area contributed by atoms with E-state index in [-0.39, 0.29) is 11.4 Å². The fraction of sp³-hybridized carbons (Fsp3) is 0.923. The molecule has 3 nitrogen and oxygen atoms in total. The van der Waals surface area contributed by atoms with Crippen molar-refractivity contribution in [2.24, 2.45) is 17.1 Å². The summed E-state index contributed by atoms with van der Waals surface area (Å²) in [5, 5.41) is 0.